The third kappa shape index (κ3) is 3.28. The number of aromatic amines is 1. The number of anilines is 1. The molecule has 3 aromatic rings. The van der Waals surface area contributed by atoms with Gasteiger partial charge in [0.2, 0.25) is 0 Å². The molecule has 0 radical (unpaired) electrons. The lowest BCUT2D eigenvalue weighted by molar-refractivity contribution is 0.965. The van der Waals surface area contributed by atoms with Crippen LogP contribution >= 0.6 is 0 Å². The van der Waals surface area contributed by atoms with Crippen LogP contribution in [0.4, 0.5) is 5.82 Å². The molecule has 0 spiro atoms. The fourth-order valence-corrected chi connectivity index (χ4v) is 2.66. The first kappa shape index (κ1) is 16.8. The van der Waals surface area contributed by atoms with Crippen LogP contribution in [0.1, 0.15) is 31.5 Å². The van der Waals surface area contributed by atoms with Crippen LogP contribution in [0.2, 0.25) is 0 Å². The van der Waals surface area contributed by atoms with E-state index in [2.05, 4.69) is 33.5 Å². The van der Waals surface area contributed by atoms with Gasteiger partial charge in [-0.2, -0.15) is 5.10 Å². The van der Waals surface area contributed by atoms with Gasteiger partial charge in [-0.1, -0.05) is 19.1 Å². The number of allylic oxidation sites excluding steroid dienone is 2. The van der Waals surface area contributed by atoms with Gasteiger partial charge in [0.25, 0.3) is 0 Å². The van der Waals surface area contributed by atoms with E-state index < -0.39 is 0 Å². The lowest BCUT2D eigenvalue weighted by atomic mass is 10.1. The molecule has 3 heterocycles. The van der Waals surface area contributed by atoms with Crippen molar-refractivity contribution in [1.82, 2.24) is 20.2 Å². The van der Waals surface area contributed by atoms with Crippen LogP contribution in [-0.2, 0) is 0 Å². The first-order chi connectivity index (χ1) is 12.2. The van der Waals surface area contributed by atoms with Gasteiger partial charge >= 0.3 is 0 Å². The molecule has 0 aliphatic heterocycles. The second kappa shape index (κ2) is 7.25. The van der Waals surface area contributed by atoms with E-state index >= 15 is 0 Å². The highest BCUT2D eigenvalue weighted by Gasteiger charge is 2.13. The molecule has 3 N–H and O–H groups in total. The van der Waals surface area contributed by atoms with Gasteiger partial charge in [0.15, 0.2) is 0 Å². The molecule has 6 nitrogen and oxygen atoms in total. The molecule has 0 saturated heterocycles. The third-order valence-corrected chi connectivity index (χ3v) is 4.09. The Balaban J connectivity index is 2.09. The molecule has 6 heteroatoms. The number of hydrogen-bond donors (Lipinski definition) is 3. The minimum Gasteiger partial charge on any atom is -0.370 e. The van der Waals surface area contributed by atoms with Crippen molar-refractivity contribution in [2.75, 3.05) is 11.9 Å². The van der Waals surface area contributed by atoms with Gasteiger partial charge in [0.1, 0.15) is 11.5 Å². The van der Waals surface area contributed by atoms with E-state index in [1.54, 1.807) is 6.20 Å². The molecule has 3 aromatic heterocycles. The monoisotopic (exact) mass is 334 g/mol. The van der Waals surface area contributed by atoms with Crippen LogP contribution in [0.3, 0.4) is 0 Å². The summed E-state index contributed by atoms with van der Waals surface area (Å²) in [5.74, 6) is 0.887. The summed E-state index contributed by atoms with van der Waals surface area (Å²) in [5, 5.41) is 19.3. The topological polar surface area (TPSA) is 90.3 Å². The van der Waals surface area contributed by atoms with E-state index in [1.807, 2.05) is 32.1 Å². The number of nitrogens with one attached hydrogen (secondary N) is 3. The van der Waals surface area contributed by atoms with E-state index in [9.17, 15) is 0 Å². The van der Waals surface area contributed by atoms with Crippen molar-refractivity contribution in [2.24, 2.45) is 0 Å². The lowest BCUT2D eigenvalue weighted by Crippen LogP contribution is -2.04. The predicted molar refractivity (Wildman–Crippen MR) is 103 cm³/mol. The molecule has 0 unspecified atom stereocenters. The number of aryl methyl sites for hydroxylation is 1. The summed E-state index contributed by atoms with van der Waals surface area (Å²) in [7, 11) is 0. The fraction of sp³-hybridized carbons (Fsp3) is 0.263. The summed E-state index contributed by atoms with van der Waals surface area (Å²) in [5.41, 5.74) is 5.09. The minimum atomic E-state index is 0.754. The Morgan fingerprint density at radius 1 is 1.36 bits per heavy atom. The summed E-state index contributed by atoms with van der Waals surface area (Å²) in [6.07, 6.45) is 5.97. The molecule has 3 rings (SSSR count). The maximum atomic E-state index is 7.53. The second-order valence-electron chi connectivity index (χ2n) is 5.86. The number of rotatable bonds is 6. The van der Waals surface area contributed by atoms with Crippen molar-refractivity contribution in [3.63, 3.8) is 0 Å². The molecule has 0 aliphatic rings. The summed E-state index contributed by atoms with van der Waals surface area (Å²) >= 11 is 0. The number of pyridine rings is 2. The quantitative estimate of drug-likeness (QED) is 0.589. The van der Waals surface area contributed by atoms with Crippen molar-refractivity contribution in [2.45, 2.75) is 27.2 Å². The molecule has 0 bridgehead atoms. The van der Waals surface area contributed by atoms with Gasteiger partial charge in [0.05, 0.1) is 23.1 Å². The van der Waals surface area contributed by atoms with Gasteiger partial charge < -0.3 is 10.7 Å². The number of nitrogens with zero attached hydrogens (tertiary/aromatic N) is 3. The van der Waals surface area contributed by atoms with E-state index in [4.69, 9.17) is 10.4 Å². The molecule has 0 amide bonds. The second-order valence-corrected chi connectivity index (χ2v) is 5.86. The average Bonchev–Trinajstić information content (AvgIpc) is 3.05. The maximum Gasteiger partial charge on any atom is 0.129 e. The largest absolute Gasteiger partial charge is 0.370 e. The van der Waals surface area contributed by atoms with Crippen LogP contribution in [-0.4, -0.2) is 32.9 Å². The lowest BCUT2D eigenvalue weighted by Gasteiger charge is -2.09. The van der Waals surface area contributed by atoms with Gasteiger partial charge in [0, 0.05) is 23.7 Å². The van der Waals surface area contributed by atoms with Crippen molar-refractivity contribution < 1.29 is 0 Å². The van der Waals surface area contributed by atoms with E-state index in [0.29, 0.717) is 0 Å². The van der Waals surface area contributed by atoms with Crippen LogP contribution in [0, 0.1) is 12.3 Å². The highest BCUT2D eigenvalue weighted by molar-refractivity contribution is 6.08. The highest BCUT2D eigenvalue weighted by Crippen LogP contribution is 2.28. The van der Waals surface area contributed by atoms with Crippen molar-refractivity contribution in [3.05, 3.63) is 41.7 Å². The highest BCUT2D eigenvalue weighted by atomic mass is 15.1. The summed E-state index contributed by atoms with van der Waals surface area (Å²) in [6.45, 7) is 6.96. The average molecular weight is 334 g/mol. The zero-order valence-corrected chi connectivity index (χ0v) is 14.7. The third-order valence-electron chi connectivity index (χ3n) is 4.09. The smallest absolute Gasteiger partial charge is 0.129 e. The Bertz CT molecular complexity index is 938. The molecule has 0 aromatic carbocycles. The van der Waals surface area contributed by atoms with Crippen molar-refractivity contribution in [1.29, 1.82) is 5.41 Å². The van der Waals surface area contributed by atoms with E-state index in [1.165, 1.54) is 6.21 Å². The SMILES string of the molecule is C/C=C(\C=N)c1cc2c(-c3ccc(C)c(NCCC)n3)n[nH]c2cn1. The van der Waals surface area contributed by atoms with E-state index in [0.717, 1.165) is 57.9 Å². The summed E-state index contributed by atoms with van der Waals surface area (Å²) < 4.78 is 0. The summed E-state index contributed by atoms with van der Waals surface area (Å²) in [4.78, 5) is 9.15. The minimum absolute atomic E-state index is 0.754. The Morgan fingerprint density at radius 2 is 2.20 bits per heavy atom. The molecule has 0 fully saturated rings. The molecule has 0 atom stereocenters. The molecule has 25 heavy (non-hydrogen) atoms. The number of aromatic nitrogens is 4. The Morgan fingerprint density at radius 3 is 2.92 bits per heavy atom. The Labute approximate surface area is 146 Å². The summed E-state index contributed by atoms with van der Waals surface area (Å²) in [6, 6.07) is 5.99. The first-order valence-electron chi connectivity index (χ1n) is 8.41. The number of hydrogen-bond acceptors (Lipinski definition) is 5. The van der Waals surface area contributed by atoms with Gasteiger partial charge in [-0.15, -0.1) is 0 Å². The fourth-order valence-electron chi connectivity index (χ4n) is 2.66. The zero-order chi connectivity index (χ0) is 17.8. The van der Waals surface area contributed by atoms with Crippen LogP contribution < -0.4 is 5.32 Å². The van der Waals surface area contributed by atoms with Crippen LogP contribution in [0.5, 0.6) is 0 Å². The van der Waals surface area contributed by atoms with Crippen LogP contribution in [0.15, 0.2) is 30.5 Å². The van der Waals surface area contributed by atoms with Gasteiger partial charge in [-0.05, 0) is 38.0 Å². The molecular formula is C19H22N6. The van der Waals surface area contributed by atoms with Crippen LogP contribution in [0.25, 0.3) is 27.9 Å². The molecule has 0 aliphatic carbocycles. The van der Waals surface area contributed by atoms with Crippen molar-refractivity contribution >= 4 is 28.5 Å². The standard InChI is InChI=1S/C19H22N6/c1-4-8-21-19-12(3)6-7-15(23-19)18-14-9-16(13(5-2)10-20)22-11-17(14)24-25-18/h5-7,9-11,20H,4,8H2,1-3H3,(H,21,23)(H,24,25)/b13-5+,20-10?. The normalized spacial score (nSPS) is 11.7. The number of fused-ring (bicyclic) bond motifs is 1. The van der Waals surface area contributed by atoms with Gasteiger partial charge in [-0.3, -0.25) is 10.1 Å². The predicted octanol–water partition coefficient (Wildman–Crippen LogP) is 4.20. The number of H-pyrrole nitrogens is 1. The van der Waals surface area contributed by atoms with Crippen molar-refractivity contribution in [3.8, 4) is 11.4 Å². The Kier molecular flexibility index (Phi) is 4.88. The Hall–Kier alpha value is -3.02. The molecule has 0 saturated carbocycles. The maximum absolute atomic E-state index is 7.53. The molecular weight excluding hydrogens is 312 g/mol. The first-order valence-corrected chi connectivity index (χ1v) is 8.41. The molecule has 128 valence electrons. The van der Waals surface area contributed by atoms with E-state index in [-0.39, 0.29) is 0 Å². The zero-order valence-electron chi connectivity index (χ0n) is 14.7. The van der Waals surface area contributed by atoms with Gasteiger partial charge in [-0.25, -0.2) is 4.98 Å².